The fourth-order valence-corrected chi connectivity index (χ4v) is 2.07. The first-order valence-corrected chi connectivity index (χ1v) is 5.68. The molecule has 0 atom stereocenters. The minimum absolute atomic E-state index is 0.477. The summed E-state index contributed by atoms with van der Waals surface area (Å²) in [6.45, 7) is 2.20. The smallest absolute Gasteiger partial charge is 0.133 e. The van der Waals surface area contributed by atoms with Gasteiger partial charge in [-0.15, -0.1) is 0 Å². The Labute approximate surface area is 81.9 Å². The quantitative estimate of drug-likeness (QED) is 0.635. The zero-order valence-electron chi connectivity index (χ0n) is 8.77. The Kier molecular flexibility index (Phi) is 5.10. The molecule has 0 spiro atoms. The highest BCUT2D eigenvalue weighted by molar-refractivity contribution is 5.80. The maximum absolute atomic E-state index is 11.5. The molecule has 1 aliphatic carbocycles. The molecule has 0 amide bonds. The molecule has 0 N–H and O–H groups in total. The molecule has 1 heteroatoms. The van der Waals surface area contributed by atoms with Crippen LogP contribution in [0.4, 0.5) is 0 Å². The second-order valence-electron chi connectivity index (χ2n) is 4.13. The molecule has 1 nitrogen and oxygen atoms in total. The van der Waals surface area contributed by atoms with Crippen molar-refractivity contribution in [1.82, 2.24) is 0 Å². The van der Waals surface area contributed by atoms with Gasteiger partial charge in [0.2, 0.25) is 0 Å². The second-order valence-corrected chi connectivity index (χ2v) is 4.13. The van der Waals surface area contributed by atoms with Crippen LogP contribution in [0.15, 0.2) is 0 Å². The molecular formula is C12H21O. The van der Waals surface area contributed by atoms with Gasteiger partial charge in [-0.3, -0.25) is 4.79 Å². The summed E-state index contributed by atoms with van der Waals surface area (Å²) < 4.78 is 0. The average molecular weight is 181 g/mol. The first kappa shape index (κ1) is 10.7. The van der Waals surface area contributed by atoms with Gasteiger partial charge in [0.05, 0.1) is 0 Å². The average Bonchev–Trinajstić information content (AvgIpc) is 2.18. The van der Waals surface area contributed by atoms with E-state index in [0.29, 0.717) is 5.78 Å². The van der Waals surface area contributed by atoms with E-state index in [-0.39, 0.29) is 0 Å². The van der Waals surface area contributed by atoms with Crippen LogP contribution in [0.1, 0.15) is 64.7 Å². The van der Waals surface area contributed by atoms with Crippen molar-refractivity contribution in [3.8, 4) is 0 Å². The van der Waals surface area contributed by atoms with E-state index in [0.717, 1.165) is 19.3 Å². The molecular weight excluding hydrogens is 160 g/mol. The number of Topliss-reactive ketones (excluding diaryl/α,β-unsaturated/α-hetero) is 1. The SMILES string of the molecule is CCC[C]1CCCCCCC(=O)C1. The Morgan fingerprint density at radius 1 is 1.08 bits per heavy atom. The molecule has 13 heavy (non-hydrogen) atoms. The molecule has 0 aromatic rings. The van der Waals surface area contributed by atoms with Gasteiger partial charge in [0, 0.05) is 12.8 Å². The van der Waals surface area contributed by atoms with Gasteiger partial charge in [-0.25, -0.2) is 0 Å². The van der Waals surface area contributed by atoms with Crippen molar-refractivity contribution >= 4 is 5.78 Å². The standard InChI is InChI=1S/C12H21O/c1-2-7-11-8-5-3-4-6-9-12(13)10-11/h2-10H2,1H3. The van der Waals surface area contributed by atoms with Crippen molar-refractivity contribution < 1.29 is 4.79 Å². The van der Waals surface area contributed by atoms with E-state index in [2.05, 4.69) is 6.92 Å². The summed E-state index contributed by atoms with van der Waals surface area (Å²) in [5.41, 5.74) is 0. The van der Waals surface area contributed by atoms with Gasteiger partial charge in [-0.05, 0) is 25.2 Å². The first-order chi connectivity index (χ1) is 6.33. The minimum Gasteiger partial charge on any atom is -0.300 e. The van der Waals surface area contributed by atoms with E-state index >= 15 is 0 Å². The maximum Gasteiger partial charge on any atom is 0.133 e. The number of rotatable bonds is 2. The number of hydrogen-bond acceptors (Lipinski definition) is 1. The van der Waals surface area contributed by atoms with Crippen LogP contribution in [0.2, 0.25) is 0 Å². The van der Waals surface area contributed by atoms with Crippen molar-refractivity contribution in [2.75, 3.05) is 0 Å². The summed E-state index contributed by atoms with van der Waals surface area (Å²) in [6.07, 6.45) is 10.2. The van der Waals surface area contributed by atoms with Crippen molar-refractivity contribution in [3.05, 3.63) is 5.92 Å². The van der Waals surface area contributed by atoms with Gasteiger partial charge < -0.3 is 0 Å². The lowest BCUT2D eigenvalue weighted by molar-refractivity contribution is -0.118. The number of ketones is 1. The molecule has 0 unspecified atom stereocenters. The molecule has 0 heterocycles. The number of hydrogen-bond donors (Lipinski definition) is 0. The Hall–Kier alpha value is -0.330. The van der Waals surface area contributed by atoms with Crippen LogP contribution in [0.5, 0.6) is 0 Å². The molecule has 0 saturated heterocycles. The lowest BCUT2D eigenvalue weighted by Crippen LogP contribution is -2.05. The van der Waals surface area contributed by atoms with Crippen molar-refractivity contribution in [2.24, 2.45) is 0 Å². The van der Waals surface area contributed by atoms with Crippen molar-refractivity contribution in [3.63, 3.8) is 0 Å². The van der Waals surface area contributed by atoms with Crippen LogP contribution < -0.4 is 0 Å². The first-order valence-electron chi connectivity index (χ1n) is 5.68. The van der Waals surface area contributed by atoms with Gasteiger partial charge in [0.1, 0.15) is 5.78 Å². The van der Waals surface area contributed by atoms with Crippen LogP contribution in [0, 0.1) is 5.92 Å². The molecule has 0 aromatic carbocycles. The van der Waals surface area contributed by atoms with Gasteiger partial charge in [0.25, 0.3) is 0 Å². The summed E-state index contributed by atoms with van der Waals surface area (Å²) >= 11 is 0. The lowest BCUT2D eigenvalue weighted by Gasteiger charge is -2.12. The van der Waals surface area contributed by atoms with Crippen LogP contribution >= 0.6 is 0 Å². The summed E-state index contributed by atoms with van der Waals surface area (Å²) in [4.78, 5) is 11.5. The predicted molar refractivity (Wildman–Crippen MR) is 55.5 cm³/mol. The zero-order valence-corrected chi connectivity index (χ0v) is 8.77. The molecule has 0 aromatic heterocycles. The van der Waals surface area contributed by atoms with E-state index in [9.17, 15) is 4.79 Å². The minimum atomic E-state index is 0.477. The Morgan fingerprint density at radius 2 is 1.77 bits per heavy atom. The normalized spacial score (nSPS) is 22.1. The molecule has 1 radical (unpaired) electrons. The summed E-state index contributed by atoms with van der Waals surface area (Å²) in [5.74, 6) is 1.99. The van der Waals surface area contributed by atoms with Crippen LogP contribution in [-0.4, -0.2) is 5.78 Å². The highest BCUT2D eigenvalue weighted by Crippen LogP contribution is 2.25. The molecule has 1 fully saturated rings. The molecule has 0 aliphatic heterocycles. The van der Waals surface area contributed by atoms with E-state index in [1.54, 1.807) is 0 Å². The van der Waals surface area contributed by atoms with Crippen LogP contribution in [0.3, 0.4) is 0 Å². The number of carbonyl (C=O) groups excluding carboxylic acids is 1. The van der Waals surface area contributed by atoms with Gasteiger partial charge in [-0.1, -0.05) is 32.6 Å². The molecule has 1 aliphatic rings. The fraction of sp³-hybridized carbons (Fsp3) is 0.833. The molecule has 1 rings (SSSR count). The van der Waals surface area contributed by atoms with E-state index in [1.807, 2.05) is 0 Å². The topological polar surface area (TPSA) is 17.1 Å². The van der Waals surface area contributed by atoms with E-state index in [4.69, 9.17) is 0 Å². The fourth-order valence-electron chi connectivity index (χ4n) is 2.07. The molecule has 75 valence electrons. The Bertz CT molecular complexity index is 151. The van der Waals surface area contributed by atoms with E-state index < -0.39 is 0 Å². The van der Waals surface area contributed by atoms with Crippen molar-refractivity contribution in [2.45, 2.75) is 64.7 Å². The summed E-state index contributed by atoms with van der Waals surface area (Å²) in [5, 5.41) is 0. The highest BCUT2D eigenvalue weighted by Gasteiger charge is 2.14. The maximum atomic E-state index is 11.5. The van der Waals surface area contributed by atoms with E-state index in [1.165, 1.54) is 44.4 Å². The summed E-state index contributed by atoms with van der Waals surface area (Å²) in [7, 11) is 0. The third kappa shape index (κ3) is 4.44. The monoisotopic (exact) mass is 181 g/mol. The Balaban J connectivity index is 2.36. The number of carbonyl (C=O) groups is 1. The Morgan fingerprint density at radius 3 is 2.46 bits per heavy atom. The summed E-state index contributed by atoms with van der Waals surface area (Å²) in [6, 6.07) is 0. The van der Waals surface area contributed by atoms with Gasteiger partial charge >= 0.3 is 0 Å². The largest absolute Gasteiger partial charge is 0.300 e. The van der Waals surface area contributed by atoms with Crippen LogP contribution in [0.25, 0.3) is 0 Å². The van der Waals surface area contributed by atoms with Gasteiger partial charge in [-0.2, -0.15) is 0 Å². The lowest BCUT2D eigenvalue weighted by atomic mass is 9.92. The third-order valence-electron chi connectivity index (χ3n) is 2.79. The van der Waals surface area contributed by atoms with Crippen LogP contribution in [-0.2, 0) is 4.79 Å². The predicted octanol–water partition coefficient (Wildman–Crippen LogP) is 3.67. The highest BCUT2D eigenvalue weighted by atomic mass is 16.1. The third-order valence-corrected chi connectivity index (χ3v) is 2.79. The van der Waals surface area contributed by atoms with Crippen molar-refractivity contribution in [1.29, 1.82) is 0 Å². The molecule has 1 saturated carbocycles. The van der Waals surface area contributed by atoms with Gasteiger partial charge in [0.15, 0.2) is 0 Å². The molecule has 0 bridgehead atoms. The zero-order chi connectivity index (χ0) is 9.52. The second kappa shape index (κ2) is 6.17.